The monoisotopic (exact) mass is 365 g/mol. The molecule has 0 saturated carbocycles. The Morgan fingerprint density at radius 2 is 1.92 bits per heavy atom. The summed E-state index contributed by atoms with van der Waals surface area (Å²) in [5, 5.41) is 1.75. The fraction of sp³-hybridized carbons (Fsp3) is 0.211. The molecule has 25 heavy (non-hydrogen) atoms. The Hall–Kier alpha value is -2.18. The molecule has 3 heterocycles. The van der Waals surface area contributed by atoms with Crippen molar-refractivity contribution in [2.24, 2.45) is 0 Å². The number of thioether (sulfide) groups is 1. The van der Waals surface area contributed by atoms with Crippen molar-refractivity contribution in [3.63, 3.8) is 0 Å². The smallest absolute Gasteiger partial charge is 0.269 e. The number of aromatic nitrogens is 3. The van der Waals surface area contributed by atoms with Crippen molar-refractivity contribution in [3.8, 4) is 11.3 Å². The van der Waals surface area contributed by atoms with E-state index in [-0.39, 0.29) is 5.56 Å². The highest BCUT2D eigenvalue weighted by molar-refractivity contribution is 7.98. The molecular formula is C19H15N3OS2. The highest BCUT2D eigenvalue weighted by atomic mass is 32.2. The molecule has 0 spiro atoms. The largest absolute Gasteiger partial charge is 0.300 e. The first-order valence-corrected chi connectivity index (χ1v) is 10.3. The Morgan fingerprint density at radius 3 is 2.72 bits per heavy atom. The van der Waals surface area contributed by atoms with E-state index in [2.05, 4.69) is 17.1 Å². The van der Waals surface area contributed by atoms with Crippen LogP contribution in [0, 0.1) is 0 Å². The molecule has 4 aromatic rings. The summed E-state index contributed by atoms with van der Waals surface area (Å²) >= 11 is 2.92. The third-order valence-electron chi connectivity index (χ3n) is 4.76. The van der Waals surface area contributed by atoms with Gasteiger partial charge in [0.05, 0.1) is 11.2 Å². The van der Waals surface area contributed by atoms with Gasteiger partial charge >= 0.3 is 0 Å². The van der Waals surface area contributed by atoms with Crippen LogP contribution in [0.25, 0.3) is 31.7 Å². The zero-order valence-corrected chi connectivity index (χ0v) is 15.3. The molecule has 5 rings (SSSR count). The predicted octanol–water partition coefficient (Wildman–Crippen LogP) is 4.41. The molecule has 3 aromatic heterocycles. The van der Waals surface area contributed by atoms with E-state index in [1.54, 1.807) is 0 Å². The molecule has 0 unspecified atom stereocenters. The van der Waals surface area contributed by atoms with Crippen LogP contribution in [-0.2, 0) is 12.8 Å². The number of nitrogens with one attached hydrogen (secondary N) is 1. The number of thiophene rings is 1. The molecule has 1 aliphatic carbocycles. The Morgan fingerprint density at radius 1 is 1.12 bits per heavy atom. The lowest BCUT2D eigenvalue weighted by atomic mass is 10.0. The number of H-pyrrole nitrogens is 1. The van der Waals surface area contributed by atoms with Crippen molar-refractivity contribution in [2.45, 2.75) is 24.4 Å². The first kappa shape index (κ1) is 15.1. The van der Waals surface area contributed by atoms with Gasteiger partial charge in [-0.15, -0.1) is 11.3 Å². The second-order valence-electron chi connectivity index (χ2n) is 6.17. The predicted molar refractivity (Wildman–Crippen MR) is 105 cm³/mol. The quantitative estimate of drug-likeness (QED) is 0.422. The highest BCUT2D eigenvalue weighted by Crippen LogP contribution is 2.41. The summed E-state index contributed by atoms with van der Waals surface area (Å²) in [6.45, 7) is 0. The second kappa shape index (κ2) is 5.68. The summed E-state index contributed by atoms with van der Waals surface area (Å²) in [5.41, 5.74) is 5.62. The van der Waals surface area contributed by atoms with Gasteiger partial charge in [-0.1, -0.05) is 42.1 Å². The van der Waals surface area contributed by atoms with Crippen LogP contribution >= 0.6 is 23.1 Å². The van der Waals surface area contributed by atoms with Crippen molar-refractivity contribution in [1.29, 1.82) is 0 Å². The van der Waals surface area contributed by atoms with Crippen LogP contribution in [0.4, 0.5) is 0 Å². The molecule has 124 valence electrons. The third-order valence-corrected chi connectivity index (χ3v) is 6.42. The Balaban J connectivity index is 1.92. The summed E-state index contributed by atoms with van der Waals surface area (Å²) in [4.78, 5) is 25.9. The van der Waals surface area contributed by atoms with Gasteiger partial charge in [-0.2, -0.15) is 0 Å². The fourth-order valence-corrected chi connectivity index (χ4v) is 5.10. The summed E-state index contributed by atoms with van der Waals surface area (Å²) < 4.78 is 0.680. The summed E-state index contributed by atoms with van der Waals surface area (Å²) in [6.07, 6.45) is 5.13. The average molecular weight is 365 g/mol. The lowest BCUT2D eigenvalue weighted by Crippen LogP contribution is -2.06. The van der Waals surface area contributed by atoms with Crippen molar-refractivity contribution in [3.05, 3.63) is 51.8 Å². The number of rotatable bonds is 2. The fourth-order valence-electron chi connectivity index (χ4n) is 3.69. The van der Waals surface area contributed by atoms with Crippen LogP contribution in [0.1, 0.15) is 17.5 Å². The Bertz CT molecular complexity index is 1180. The molecule has 0 amide bonds. The molecule has 1 aliphatic rings. The van der Waals surface area contributed by atoms with Crippen molar-refractivity contribution in [2.75, 3.05) is 6.26 Å². The molecule has 0 atom stereocenters. The topological polar surface area (TPSA) is 58.6 Å². The van der Waals surface area contributed by atoms with Gasteiger partial charge in [-0.3, -0.25) is 4.79 Å². The number of hydrogen-bond donors (Lipinski definition) is 1. The van der Waals surface area contributed by atoms with Gasteiger partial charge in [0.25, 0.3) is 5.56 Å². The molecule has 1 N–H and O–H groups in total. The standard InChI is InChI=1S/C19H15N3OS2/c1-24-19-21-15-13-11-8-5-9-12(11)14(10-6-3-2-4-7-10)20-18(13)25-16(15)17(23)22-19/h2-4,6-7H,5,8-9H2,1H3,(H,21,22,23). The molecule has 0 saturated heterocycles. The van der Waals surface area contributed by atoms with Crippen LogP contribution in [0.3, 0.4) is 0 Å². The van der Waals surface area contributed by atoms with Gasteiger partial charge in [-0.05, 0) is 36.6 Å². The van der Waals surface area contributed by atoms with Gasteiger partial charge < -0.3 is 4.98 Å². The van der Waals surface area contributed by atoms with Crippen molar-refractivity contribution >= 4 is 43.5 Å². The molecule has 0 radical (unpaired) electrons. The number of pyridine rings is 1. The minimum atomic E-state index is -0.0645. The molecule has 0 aliphatic heterocycles. The third kappa shape index (κ3) is 2.24. The number of nitrogens with zero attached hydrogens (tertiary/aromatic N) is 2. The first-order chi connectivity index (χ1) is 12.3. The van der Waals surface area contributed by atoms with Gasteiger partial charge in [0.2, 0.25) is 0 Å². The van der Waals surface area contributed by atoms with Gasteiger partial charge in [0.15, 0.2) is 5.16 Å². The van der Waals surface area contributed by atoms with E-state index in [4.69, 9.17) is 9.97 Å². The van der Waals surface area contributed by atoms with E-state index in [0.29, 0.717) is 9.86 Å². The van der Waals surface area contributed by atoms with Crippen LogP contribution < -0.4 is 5.56 Å². The molecule has 0 bridgehead atoms. The summed E-state index contributed by atoms with van der Waals surface area (Å²) in [5.74, 6) is 0. The summed E-state index contributed by atoms with van der Waals surface area (Å²) in [7, 11) is 0. The summed E-state index contributed by atoms with van der Waals surface area (Å²) in [6, 6.07) is 10.3. The van der Waals surface area contributed by atoms with E-state index >= 15 is 0 Å². The van der Waals surface area contributed by atoms with E-state index < -0.39 is 0 Å². The number of hydrogen-bond acceptors (Lipinski definition) is 5. The van der Waals surface area contributed by atoms with E-state index in [0.717, 1.165) is 46.3 Å². The van der Waals surface area contributed by atoms with Crippen molar-refractivity contribution in [1.82, 2.24) is 15.0 Å². The molecule has 4 nitrogen and oxygen atoms in total. The Kier molecular flexibility index (Phi) is 3.43. The zero-order chi connectivity index (χ0) is 17.0. The maximum absolute atomic E-state index is 12.5. The molecule has 0 fully saturated rings. The molecule has 6 heteroatoms. The molecule has 1 aromatic carbocycles. The Labute approximate surface area is 152 Å². The second-order valence-corrected chi connectivity index (χ2v) is 7.97. The van der Waals surface area contributed by atoms with Crippen LogP contribution in [0.15, 0.2) is 40.3 Å². The van der Waals surface area contributed by atoms with E-state index in [1.807, 2.05) is 24.5 Å². The number of fused-ring (bicyclic) bond motifs is 5. The normalized spacial score (nSPS) is 13.6. The van der Waals surface area contributed by atoms with Gasteiger partial charge in [-0.25, -0.2) is 9.97 Å². The van der Waals surface area contributed by atoms with Crippen LogP contribution in [0.2, 0.25) is 0 Å². The number of aromatic amines is 1. The van der Waals surface area contributed by atoms with E-state index in [1.165, 1.54) is 34.2 Å². The van der Waals surface area contributed by atoms with Gasteiger partial charge in [0.1, 0.15) is 9.53 Å². The minimum Gasteiger partial charge on any atom is -0.300 e. The zero-order valence-electron chi connectivity index (χ0n) is 13.6. The number of benzene rings is 1. The average Bonchev–Trinajstić information content (AvgIpc) is 3.26. The lowest BCUT2D eigenvalue weighted by molar-refractivity contribution is 0.913. The lowest BCUT2D eigenvalue weighted by Gasteiger charge is -2.09. The van der Waals surface area contributed by atoms with Gasteiger partial charge in [0, 0.05) is 10.9 Å². The maximum atomic E-state index is 12.5. The maximum Gasteiger partial charge on any atom is 0.269 e. The number of aryl methyl sites for hydroxylation is 1. The SMILES string of the molecule is CSc1nc2c(sc3nc(-c4ccccc4)c4c(c32)CCC4)c(=O)[nH]1. The van der Waals surface area contributed by atoms with Crippen LogP contribution in [-0.4, -0.2) is 21.2 Å². The minimum absolute atomic E-state index is 0.0645. The van der Waals surface area contributed by atoms with Crippen molar-refractivity contribution < 1.29 is 0 Å². The van der Waals surface area contributed by atoms with Crippen LogP contribution in [0.5, 0.6) is 0 Å². The first-order valence-electron chi connectivity index (χ1n) is 8.24. The molecular weight excluding hydrogens is 350 g/mol. The highest BCUT2D eigenvalue weighted by Gasteiger charge is 2.24. The van der Waals surface area contributed by atoms with E-state index in [9.17, 15) is 4.79 Å².